The predicted molar refractivity (Wildman–Crippen MR) is 114 cm³/mol. The average molecular weight is 401 g/mol. The van der Waals surface area contributed by atoms with Crippen molar-refractivity contribution in [2.24, 2.45) is 0 Å². The van der Waals surface area contributed by atoms with E-state index in [-0.39, 0.29) is 34.9 Å². The molecule has 0 unspecified atom stereocenters. The molecule has 0 radical (unpaired) electrons. The first kappa shape index (κ1) is 23.3. The smallest absolute Gasteiger partial charge is 0.354 e. The van der Waals surface area contributed by atoms with E-state index in [0.29, 0.717) is 0 Å². The molecular formula is C20H44N4O2Si. The second-order valence-electron chi connectivity index (χ2n) is 11.9. The molecule has 0 aliphatic carbocycles. The molecule has 6 nitrogen and oxygen atoms in total. The summed E-state index contributed by atoms with van der Waals surface area (Å²) in [5.41, 5.74) is -0.110. The fraction of sp³-hybridized carbons (Fsp3) is 1.00. The molecule has 0 amide bonds. The summed E-state index contributed by atoms with van der Waals surface area (Å²) in [6.07, 6.45) is -0.0756. The lowest BCUT2D eigenvalue weighted by Gasteiger charge is -2.83. The Balaban J connectivity index is 2.79. The molecule has 1 spiro atoms. The van der Waals surface area contributed by atoms with Crippen molar-refractivity contribution in [1.82, 2.24) is 18.3 Å². The van der Waals surface area contributed by atoms with Gasteiger partial charge in [0.1, 0.15) is 0 Å². The van der Waals surface area contributed by atoms with Crippen LogP contribution in [0.1, 0.15) is 83.1 Å². The topological polar surface area (TPSA) is 31.4 Å². The van der Waals surface area contributed by atoms with E-state index in [1.165, 1.54) is 0 Å². The van der Waals surface area contributed by atoms with Crippen LogP contribution in [0.2, 0.25) is 0 Å². The van der Waals surface area contributed by atoms with E-state index in [4.69, 9.17) is 9.47 Å². The molecule has 27 heavy (non-hydrogen) atoms. The first-order valence-electron chi connectivity index (χ1n) is 10.1. The van der Waals surface area contributed by atoms with Crippen molar-refractivity contribution in [2.75, 3.05) is 14.2 Å². The summed E-state index contributed by atoms with van der Waals surface area (Å²) in [6.45, 7) is 27.6. The number of hydrogen-bond donors (Lipinski definition) is 0. The van der Waals surface area contributed by atoms with Crippen LogP contribution in [-0.4, -0.2) is 76.1 Å². The van der Waals surface area contributed by atoms with E-state index in [2.05, 4.69) is 101 Å². The minimum atomic E-state index is -2.43. The Morgan fingerprint density at radius 2 is 0.667 bits per heavy atom. The quantitative estimate of drug-likeness (QED) is 0.657. The molecular weight excluding hydrogens is 356 g/mol. The molecule has 0 atom stereocenters. The van der Waals surface area contributed by atoms with Gasteiger partial charge in [0.15, 0.2) is 12.7 Å². The summed E-state index contributed by atoms with van der Waals surface area (Å²) < 4.78 is 22.7. The third kappa shape index (κ3) is 3.23. The summed E-state index contributed by atoms with van der Waals surface area (Å²) >= 11 is 0. The Bertz CT molecular complexity index is 459. The second-order valence-corrected chi connectivity index (χ2v) is 15.0. The van der Waals surface area contributed by atoms with Gasteiger partial charge in [0.2, 0.25) is 0 Å². The van der Waals surface area contributed by atoms with Crippen LogP contribution in [0.15, 0.2) is 0 Å². The molecule has 160 valence electrons. The van der Waals surface area contributed by atoms with Crippen molar-refractivity contribution in [3.63, 3.8) is 0 Å². The van der Waals surface area contributed by atoms with Gasteiger partial charge in [0.05, 0.1) is 0 Å². The Morgan fingerprint density at radius 3 is 0.778 bits per heavy atom. The molecule has 0 aromatic heterocycles. The summed E-state index contributed by atoms with van der Waals surface area (Å²) in [6, 6.07) is 0. The van der Waals surface area contributed by atoms with Gasteiger partial charge in [-0.15, -0.1) is 0 Å². The average Bonchev–Trinajstić information content (AvgIpc) is 2.29. The van der Waals surface area contributed by atoms with E-state index >= 15 is 0 Å². The van der Waals surface area contributed by atoms with Crippen molar-refractivity contribution in [1.29, 1.82) is 0 Å². The highest BCUT2D eigenvalue weighted by Crippen LogP contribution is 2.57. The summed E-state index contributed by atoms with van der Waals surface area (Å²) in [5.74, 6) is 0. The zero-order valence-electron chi connectivity index (χ0n) is 20.3. The van der Waals surface area contributed by atoms with E-state index in [1.54, 1.807) is 0 Å². The normalized spacial score (nSPS) is 32.7. The van der Waals surface area contributed by atoms with Gasteiger partial charge in [-0.3, -0.25) is 0 Å². The number of methoxy groups -OCH3 is 2. The van der Waals surface area contributed by atoms with Crippen LogP contribution < -0.4 is 0 Å². The molecule has 0 bridgehead atoms. The lowest BCUT2D eigenvalue weighted by atomic mass is 10.1. The van der Waals surface area contributed by atoms with Crippen LogP contribution >= 0.6 is 0 Å². The van der Waals surface area contributed by atoms with Gasteiger partial charge in [-0.05, 0) is 83.1 Å². The highest BCUT2D eigenvalue weighted by Gasteiger charge is 2.84. The van der Waals surface area contributed by atoms with Gasteiger partial charge in [-0.1, -0.05) is 0 Å². The molecule has 0 aromatic carbocycles. The van der Waals surface area contributed by atoms with Crippen molar-refractivity contribution < 1.29 is 9.47 Å². The number of nitrogens with zero attached hydrogens (tertiary/aromatic N) is 4. The van der Waals surface area contributed by atoms with Gasteiger partial charge in [-0.25, -0.2) is 18.3 Å². The third-order valence-electron chi connectivity index (χ3n) is 5.49. The largest absolute Gasteiger partial charge is 0.391 e. The molecule has 0 saturated carbocycles. The van der Waals surface area contributed by atoms with Gasteiger partial charge < -0.3 is 9.47 Å². The monoisotopic (exact) mass is 400 g/mol. The summed E-state index contributed by atoms with van der Waals surface area (Å²) in [4.78, 5) is 0. The van der Waals surface area contributed by atoms with E-state index in [9.17, 15) is 0 Å². The van der Waals surface area contributed by atoms with Gasteiger partial charge in [-0.2, -0.15) is 0 Å². The molecule has 2 saturated heterocycles. The summed E-state index contributed by atoms with van der Waals surface area (Å²) in [5, 5.41) is 0. The third-order valence-corrected chi connectivity index (χ3v) is 11.6. The molecule has 2 rings (SSSR count). The Labute approximate surface area is 169 Å². The first-order chi connectivity index (χ1) is 11.9. The molecule has 2 heterocycles. The van der Waals surface area contributed by atoms with Crippen LogP contribution in [0, 0.1) is 0 Å². The molecule has 2 aliphatic heterocycles. The zero-order chi connectivity index (χ0) is 21.4. The van der Waals surface area contributed by atoms with Crippen LogP contribution in [0.25, 0.3) is 0 Å². The SMILES string of the molecule is COC1N(C(C)(C)C)[Si]2(N1C(C)(C)C)N(C(C)(C)C)C(OC)N2C(C)(C)C. The molecule has 2 aliphatic rings. The predicted octanol–water partition coefficient (Wildman–Crippen LogP) is 3.71. The highest BCUT2D eigenvalue weighted by molar-refractivity contribution is 6.74. The Hall–Kier alpha value is -0.0231. The van der Waals surface area contributed by atoms with E-state index in [0.717, 1.165) is 0 Å². The van der Waals surface area contributed by atoms with Crippen molar-refractivity contribution in [3.8, 4) is 0 Å². The Morgan fingerprint density at radius 1 is 0.481 bits per heavy atom. The highest BCUT2D eigenvalue weighted by atomic mass is 28.4. The minimum absolute atomic E-state index is 0.0274. The fourth-order valence-electron chi connectivity index (χ4n) is 4.95. The number of rotatable bonds is 2. The number of ether oxygens (including phenoxy) is 2. The summed E-state index contributed by atoms with van der Waals surface area (Å²) in [7, 11) is 1.23. The lowest BCUT2D eigenvalue weighted by Crippen LogP contribution is -3.09. The maximum absolute atomic E-state index is 6.08. The number of hydrogen-bond acceptors (Lipinski definition) is 6. The standard InChI is InChI=1S/C20H44N4O2Si/c1-17(2,3)21-15(25-13)22(18(4,5)6)27(21)23(19(7,8)9)16(26-14)24(27)20(10,11)12/h15-16H,1-14H3. The fourth-order valence-corrected chi connectivity index (χ4v) is 11.7. The van der Waals surface area contributed by atoms with Crippen LogP contribution in [0.4, 0.5) is 0 Å². The second kappa shape index (κ2) is 6.49. The van der Waals surface area contributed by atoms with Crippen molar-refractivity contribution in [2.45, 2.75) is 118 Å². The van der Waals surface area contributed by atoms with Gasteiger partial charge in [0, 0.05) is 36.4 Å². The van der Waals surface area contributed by atoms with Crippen LogP contribution in [0.3, 0.4) is 0 Å². The van der Waals surface area contributed by atoms with Gasteiger partial charge in [0.25, 0.3) is 0 Å². The minimum Gasteiger partial charge on any atom is -0.354 e. The molecule has 2 fully saturated rings. The Kier molecular flexibility index (Phi) is 5.59. The van der Waals surface area contributed by atoms with Crippen LogP contribution in [0.5, 0.6) is 0 Å². The first-order valence-corrected chi connectivity index (χ1v) is 11.9. The maximum Gasteiger partial charge on any atom is 0.391 e. The molecule has 7 heteroatoms. The van der Waals surface area contributed by atoms with E-state index in [1.807, 2.05) is 14.2 Å². The van der Waals surface area contributed by atoms with Gasteiger partial charge >= 0.3 is 8.72 Å². The lowest BCUT2D eigenvalue weighted by molar-refractivity contribution is -0.294. The van der Waals surface area contributed by atoms with Crippen molar-refractivity contribution >= 4 is 8.72 Å². The maximum atomic E-state index is 6.08. The van der Waals surface area contributed by atoms with E-state index < -0.39 is 8.72 Å². The zero-order valence-corrected chi connectivity index (χ0v) is 21.3. The molecule has 0 aromatic rings. The van der Waals surface area contributed by atoms with Crippen LogP contribution in [-0.2, 0) is 9.47 Å². The molecule has 0 N–H and O–H groups in total. The van der Waals surface area contributed by atoms with Crippen molar-refractivity contribution in [3.05, 3.63) is 0 Å².